The van der Waals surface area contributed by atoms with Crippen LogP contribution in [0.1, 0.15) is 40.3 Å². The lowest BCUT2D eigenvalue weighted by atomic mass is 10.1. The average Bonchev–Trinajstić information content (AvgIpc) is 2.93. The minimum Gasteiger partial charge on any atom is -0.480 e. The van der Waals surface area contributed by atoms with Gasteiger partial charge in [-0.25, -0.2) is 0 Å². The molecule has 0 atom stereocenters. The molecule has 26 heavy (non-hydrogen) atoms. The van der Waals surface area contributed by atoms with E-state index in [1.54, 1.807) is 23.0 Å². The van der Waals surface area contributed by atoms with E-state index in [-0.39, 0.29) is 5.91 Å². The number of anilines is 1. The molecular formula is C18H22N4O4. The van der Waals surface area contributed by atoms with Crippen molar-refractivity contribution < 1.29 is 19.5 Å². The highest BCUT2D eigenvalue weighted by Gasteiger charge is 2.15. The smallest absolute Gasteiger partial charge is 0.322 e. The van der Waals surface area contributed by atoms with Gasteiger partial charge in [0.25, 0.3) is 11.8 Å². The minimum atomic E-state index is -1.12. The number of nitrogens with zero attached hydrogens (tertiary/aromatic N) is 2. The predicted molar refractivity (Wildman–Crippen MR) is 96.2 cm³/mol. The number of carboxylic acids is 1. The first-order valence-electron chi connectivity index (χ1n) is 8.21. The number of amides is 2. The summed E-state index contributed by atoms with van der Waals surface area (Å²) in [6.07, 6.45) is 1.54. The number of hydrogen-bond acceptors (Lipinski definition) is 4. The Morgan fingerprint density at radius 2 is 1.81 bits per heavy atom. The van der Waals surface area contributed by atoms with E-state index in [0.29, 0.717) is 22.7 Å². The zero-order chi connectivity index (χ0) is 19.3. The number of hydrogen-bond donors (Lipinski definition) is 3. The van der Waals surface area contributed by atoms with E-state index in [1.165, 1.54) is 12.1 Å². The zero-order valence-corrected chi connectivity index (χ0v) is 14.9. The van der Waals surface area contributed by atoms with E-state index in [9.17, 15) is 14.4 Å². The Labute approximate surface area is 151 Å². The van der Waals surface area contributed by atoms with Gasteiger partial charge in [-0.1, -0.05) is 13.8 Å². The third-order valence-electron chi connectivity index (χ3n) is 3.69. The van der Waals surface area contributed by atoms with Crippen LogP contribution in [0.4, 0.5) is 5.69 Å². The third kappa shape index (κ3) is 4.92. The second-order valence-corrected chi connectivity index (χ2v) is 6.33. The van der Waals surface area contributed by atoms with Crippen LogP contribution in [-0.2, 0) is 11.3 Å². The fourth-order valence-electron chi connectivity index (χ4n) is 2.36. The summed E-state index contributed by atoms with van der Waals surface area (Å²) in [7, 11) is 0. The van der Waals surface area contributed by atoms with Crippen molar-refractivity contribution in [1.29, 1.82) is 0 Å². The van der Waals surface area contributed by atoms with Crippen LogP contribution in [0.5, 0.6) is 0 Å². The average molecular weight is 358 g/mol. The summed E-state index contributed by atoms with van der Waals surface area (Å²) in [5, 5.41) is 17.8. The van der Waals surface area contributed by atoms with Crippen molar-refractivity contribution in [1.82, 2.24) is 15.1 Å². The van der Waals surface area contributed by atoms with E-state index < -0.39 is 18.4 Å². The van der Waals surface area contributed by atoms with Gasteiger partial charge in [-0.2, -0.15) is 5.10 Å². The summed E-state index contributed by atoms with van der Waals surface area (Å²) >= 11 is 0. The lowest BCUT2D eigenvalue weighted by molar-refractivity contribution is -0.135. The summed E-state index contributed by atoms with van der Waals surface area (Å²) < 4.78 is 1.80. The molecule has 0 aliphatic rings. The highest BCUT2D eigenvalue weighted by atomic mass is 16.4. The van der Waals surface area contributed by atoms with Crippen LogP contribution in [0.3, 0.4) is 0 Å². The molecule has 0 spiro atoms. The number of nitrogens with one attached hydrogen (secondary N) is 2. The topological polar surface area (TPSA) is 113 Å². The summed E-state index contributed by atoms with van der Waals surface area (Å²) in [6.45, 7) is 6.29. The Morgan fingerprint density at radius 1 is 1.15 bits per heavy atom. The molecule has 0 aliphatic heterocycles. The molecule has 0 bridgehead atoms. The standard InChI is InChI=1S/C18H22N4O4/c1-11(2)10-22-12(3)15(8-20-22)18(26)21-14-6-4-13(5-7-14)17(25)19-9-16(23)24/h4-8,11H,9-10H2,1-3H3,(H,19,25)(H,21,26)(H,23,24). The van der Waals surface area contributed by atoms with Crippen LogP contribution >= 0.6 is 0 Å². The molecule has 0 unspecified atom stereocenters. The maximum absolute atomic E-state index is 12.4. The van der Waals surface area contributed by atoms with Crippen LogP contribution in [0.15, 0.2) is 30.5 Å². The maximum Gasteiger partial charge on any atom is 0.322 e. The van der Waals surface area contributed by atoms with E-state index >= 15 is 0 Å². The number of aliphatic carboxylic acids is 1. The Balaban J connectivity index is 2.02. The highest BCUT2D eigenvalue weighted by Crippen LogP contribution is 2.14. The highest BCUT2D eigenvalue weighted by molar-refractivity contribution is 6.05. The molecule has 2 aromatic rings. The van der Waals surface area contributed by atoms with Crippen LogP contribution in [0.25, 0.3) is 0 Å². The van der Waals surface area contributed by atoms with Gasteiger partial charge in [-0.15, -0.1) is 0 Å². The fraction of sp³-hybridized carbons (Fsp3) is 0.333. The Kier molecular flexibility index (Phi) is 6.11. The zero-order valence-electron chi connectivity index (χ0n) is 14.9. The van der Waals surface area contributed by atoms with Gasteiger partial charge in [-0.05, 0) is 37.1 Å². The van der Waals surface area contributed by atoms with Crippen molar-refractivity contribution in [3.05, 3.63) is 47.3 Å². The third-order valence-corrected chi connectivity index (χ3v) is 3.69. The molecule has 2 amide bonds. The second-order valence-electron chi connectivity index (χ2n) is 6.33. The molecule has 1 heterocycles. The normalized spacial score (nSPS) is 10.6. The summed E-state index contributed by atoms with van der Waals surface area (Å²) in [5.41, 5.74) is 2.13. The first-order chi connectivity index (χ1) is 12.3. The molecule has 0 aliphatic carbocycles. The number of rotatable bonds is 7. The van der Waals surface area contributed by atoms with Gasteiger partial charge < -0.3 is 15.7 Å². The summed E-state index contributed by atoms with van der Waals surface area (Å²) in [6, 6.07) is 6.20. The number of benzene rings is 1. The number of aromatic nitrogens is 2. The lowest BCUT2D eigenvalue weighted by Gasteiger charge is -2.09. The largest absolute Gasteiger partial charge is 0.480 e. The van der Waals surface area contributed by atoms with Crippen molar-refractivity contribution in [2.24, 2.45) is 5.92 Å². The second kappa shape index (κ2) is 8.28. The van der Waals surface area contributed by atoms with Gasteiger partial charge >= 0.3 is 5.97 Å². The van der Waals surface area contributed by atoms with Crippen molar-refractivity contribution >= 4 is 23.5 Å². The van der Waals surface area contributed by atoms with Gasteiger partial charge in [0.2, 0.25) is 0 Å². The first kappa shape index (κ1) is 19.2. The molecule has 138 valence electrons. The molecule has 8 heteroatoms. The van der Waals surface area contributed by atoms with Crippen LogP contribution in [0.2, 0.25) is 0 Å². The number of carboxylic acid groups (broad SMARTS) is 1. The van der Waals surface area contributed by atoms with Crippen molar-refractivity contribution in [3.8, 4) is 0 Å². The lowest BCUT2D eigenvalue weighted by Crippen LogP contribution is -2.29. The van der Waals surface area contributed by atoms with E-state index in [1.807, 2.05) is 6.92 Å². The Morgan fingerprint density at radius 3 is 2.38 bits per heavy atom. The summed E-state index contributed by atoms with van der Waals surface area (Å²) in [4.78, 5) is 34.7. The van der Waals surface area contributed by atoms with Gasteiger partial charge in [0, 0.05) is 23.5 Å². The fourth-order valence-corrected chi connectivity index (χ4v) is 2.36. The van der Waals surface area contributed by atoms with Gasteiger partial charge in [0.05, 0.1) is 11.8 Å². The van der Waals surface area contributed by atoms with Crippen LogP contribution in [0, 0.1) is 12.8 Å². The number of carbonyl (C=O) groups excluding carboxylic acids is 2. The molecular weight excluding hydrogens is 336 g/mol. The molecule has 8 nitrogen and oxygen atoms in total. The monoisotopic (exact) mass is 358 g/mol. The Bertz CT molecular complexity index is 809. The van der Waals surface area contributed by atoms with Crippen molar-refractivity contribution in [2.75, 3.05) is 11.9 Å². The molecule has 1 aromatic heterocycles. The van der Waals surface area contributed by atoms with E-state index in [0.717, 1.165) is 12.2 Å². The van der Waals surface area contributed by atoms with Crippen LogP contribution in [-0.4, -0.2) is 39.2 Å². The van der Waals surface area contributed by atoms with E-state index in [4.69, 9.17) is 5.11 Å². The maximum atomic E-state index is 12.4. The molecule has 1 aromatic carbocycles. The van der Waals surface area contributed by atoms with Crippen LogP contribution < -0.4 is 10.6 Å². The molecule has 0 radical (unpaired) electrons. The molecule has 3 N–H and O–H groups in total. The van der Waals surface area contributed by atoms with Gasteiger partial charge in [-0.3, -0.25) is 19.1 Å². The minimum absolute atomic E-state index is 0.277. The first-order valence-corrected chi connectivity index (χ1v) is 8.21. The SMILES string of the molecule is Cc1c(C(=O)Nc2ccc(C(=O)NCC(=O)O)cc2)cnn1CC(C)C. The van der Waals surface area contributed by atoms with Gasteiger partial charge in [0.15, 0.2) is 0 Å². The predicted octanol–water partition coefficient (Wildman–Crippen LogP) is 1.91. The quantitative estimate of drug-likeness (QED) is 0.700. The molecule has 0 saturated carbocycles. The van der Waals surface area contributed by atoms with E-state index in [2.05, 4.69) is 29.6 Å². The molecule has 0 fully saturated rings. The van der Waals surface area contributed by atoms with Crippen molar-refractivity contribution in [3.63, 3.8) is 0 Å². The van der Waals surface area contributed by atoms with Gasteiger partial charge in [0.1, 0.15) is 6.54 Å². The summed E-state index contributed by atoms with van der Waals surface area (Å²) in [5.74, 6) is -1.46. The Hall–Kier alpha value is -3.16. The molecule has 0 saturated heterocycles. The molecule has 2 rings (SSSR count). The number of carbonyl (C=O) groups is 3. The van der Waals surface area contributed by atoms with Crippen molar-refractivity contribution in [2.45, 2.75) is 27.3 Å².